The fourth-order valence-electron chi connectivity index (χ4n) is 1.73. The van der Waals surface area contributed by atoms with Crippen LogP contribution >= 0.6 is 0 Å². The Morgan fingerprint density at radius 2 is 2.22 bits per heavy atom. The average molecular weight is 245 g/mol. The second kappa shape index (κ2) is 5.44. The van der Waals surface area contributed by atoms with Gasteiger partial charge in [0.05, 0.1) is 11.9 Å². The molecule has 0 saturated heterocycles. The van der Waals surface area contributed by atoms with E-state index in [1.807, 2.05) is 31.2 Å². The number of para-hydroxylation sites is 1. The number of fused-ring (bicyclic) bond motifs is 1. The number of nitrogens with one attached hydrogen (secondary N) is 1. The van der Waals surface area contributed by atoms with Crippen molar-refractivity contribution in [1.82, 2.24) is 9.97 Å². The number of hydrogen-bond donors (Lipinski definition) is 2. The molecule has 1 unspecified atom stereocenters. The van der Waals surface area contributed by atoms with Crippen LogP contribution in [0.1, 0.15) is 19.8 Å². The fourth-order valence-corrected chi connectivity index (χ4v) is 1.73. The normalized spacial score (nSPS) is 12.3. The van der Waals surface area contributed by atoms with Crippen molar-refractivity contribution in [3.63, 3.8) is 0 Å². The number of rotatable bonds is 5. The van der Waals surface area contributed by atoms with Crippen molar-refractivity contribution in [1.29, 1.82) is 0 Å². The first-order valence-corrected chi connectivity index (χ1v) is 5.89. The molecule has 0 spiro atoms. The predicted molar refractivity (Wildman–Crippen MR) is 69.5 cm³/mol. The number of benzene rings is 1. The highest BCUT2D eigenvalue weighted by atomic mass is 16.4. The smallest absolute Gasteiger partial charge is 0.305 e. The highest BCUT2D eigenvalue weighted by Gasteiger charge is 2.12. The lowest BCUT2D eigenvalue weighted by atomic mass is 10.1. The lowest BCUT2D eigenvalue weighted by Crippen LogP contribution is -2.23. The van der Waals surface area contributed by atoms with Crippen LogP contribution in [-0.2, 0) is 4.79 Å². The van der Waals surface area contributed by atoms with Gasteiger partial charge in [-0.3, -0.25) is 4.79 Å². The van der Waals surface area contributed by atoms with Crippen molar-refractivity contribution in [3.8, 4) is 0 Å². The van der Waals surface area contributed by atoms with Crippen molar-refractivity contribution < 1.29 is 9.90 Å². The fraction of sp³-hybridized carbons (Fsp3) is 0.308. The molecule has 0 amide bonds. The third-order valence-corrected chi connectivity index (χ3v) is 2.74. The van der Waals surface area contributed by atoms with Crippen molar-refractivity contribution >= 4 is 22.8 Å². The van der Waals surface area contributed by atoms with Gasteiger partial charge in [-0.2, -0.15) is 0 Å². The SMILES string of the molecule is CCC(CC(=O)O)Nc1ncc2ccccc2n1. The van der Waals surface area contributed by atoms with E-state index >= 15 is 0 Å². The maximum Gasteiger partial charge on any atom is 0.305 e. The Bertz CT molecular complexity index is 557. The van der Waals surface area contributed by atoms with Gasteiger partial charge in [0.15, 0.2) is 0 Å². The van der Waals surface area contributed by atoms with E-state index in [0.29, 0.717) is 12.4 Å². The van der Waals surface area contributed by atoms with Gasteiger partial charge in [0.1, 0.15) is 0 Å². The number of carboxylic acid groups (broad SMARTS) is 1. The Morgan fingerprint density at radius 3 is 2.94 bits per heavy atom. The third-order valence-electron chi connectivity index (χ3n) is 2.74. The summed E-state index contributed by atoms with van der Waals surface area (Å²) in [6.07, 6.45) is 2.51. The van der Waals surface area contributed by atoms with E-state index in [-0.39, 0.29) is 12.5 Å². The summed E-state index contributed by atoms with van der Waals surface area (Å²) in [5.74, 6) is -0.350. The summed E-state index contributed by atoms with van der Waals surface area (Å²) in [6.45, 7) is 1.93. The molecule has 1 atom stereocenters. The number of carboxylic acids is 1. The van der Waals surface area contributed by atoms with Crippen LogP contribution in [0.4, 0.5) is 5.95 Å². The maximum atomic E-state index is 10.7. The Morgan fingerprint density at radius 1 is 1.44 bits per heavy atom. The second-order valence-electron chi connectivity index (χ2n) is 4.10. The summed E-state index contributed by atoms with van der Waals surface area (Å²) in [7, 11) is 0. The zero-order valence-corrected chi connectivity index (χ0v) is 10.1. The summed E-state index contributed by atoms with van der Waals surface area (Å²) in [5, 5.41) is 12.8. The van der Waals surface area contributed by atoms with Crippen molar-refractivity contribution in [2.24, 2.45) is 0 Å². The Balaban J connectivity index is 2.17. The maximum absolute atomic E-state index is 10.7. The van der Waals surface area contributed by atoms with Gasteiger partial charge in [0.2, 0.25) is 5.95 Å². The topological polar surface area (TPSA) is 75.1 Å². The average Bonchev–Trinajstić information content (AvgIpc) is 2.37. The summed E-state index contributed by atoms with van der Waals surface area (Å²) < 4.78 is 0. The van der Waals surface area contributed by atoms with Crippen LogP contribution in [0.2, 0.25) is 0 Å². The first-order chi connectivity index (χ1) is 8.69. The molecule has 2 N–H and O–H groups in total. The van der Waals surface area contributed by atoms with Gasteiger partial charge < -0.3 is 10.4 Å². The van der Waals surface area contributed by atoms with E-state index in [4.69, 9.17) is 5.11 Å². The van der Waals surface area contributed by atoms with Gasteiger partial charge in [0, 0.05) is 17.6 Å². The summed E-state index contributed by atoms with van der Waals surface area (Å²) >= 11 is 0. The second-order valence-corrected chi connectivity index (χ2v) is 4.10. The summed E-state index contributed by atoms with van der Waals surface area (Å²) in [4.78, 5) is 19.2. The lowest BCUT2D eigenvalue weighted by Gasteiger charge is -2.14. The quantitative estimate of drug-likeness (QED) is 0.845. The molecule has 18 heavy (non-hydrogen) atoms. The highest BCUT2D eigenvalue weighted by Crippen LogP contribution is 2.13. The van der Waals surface area contributed by atoms with Gasteiger partial charge in [-0.15, -0.1) is 0 Å². The number of aliphatic carboxylic acids is 1. The monoisotopic (exact) mass is 245 g/mol. The molecule has 2 aromatic rings. The number of carbonyl (C=O) groups is 1. The van der Waals surface area contributed by atoms with Crippen LogP contribution < -0.4 is 5.32 Å². The Kier molecular flexibility index (Phi) is 3.72. The Labute approximate surface area is 105 Å². The molecular weight excluding hydrogens is 230 g/mol. The molecule has 1 aromatic carbocycles. The standard InChI is InChI=1S/C13H15N3O2/c1-2-10(7-12(17)18)15-13-14-8-9-5-3-4-6-11(9)16-13/h3-6,8,10H,2,7H2,1H3,(H,17,18)(H,14,15,16). The van der Waals surface area contributed by atoms with Crippen LogP contribution in [0.5, 0.6) is 0 Å². The van der Waals surface area contributed by atoms with Gasteiger partial charge in [-0.05, 0) is 12.5 Å². The molecule has 0 radical (unpaired) electrons. The molecule has 94 valence electrons. The van der Waals surface area contributed by atoms with E-state index in [1.54, 1.807) is 6.20 Å². The molecule has 1 aromatic heterocycles. The first-order valence-electron chi connectivity index (χ1n) is 5.89. The zero-order valence-electron chi connectivity index (χ0n) is 10.1. The largest absolute Gasteiger partial charge is 0.481 e. The lowest BCUT2D eigenvalue weighted by molar-refractivity contribution is -0.137. The molecule has 0 aliphatic rings. The van der Waals surface area contributed by atoms with Gasteiger partial charge in [-0.25, -0.2) is 9.97 Å². The number of anilines is 1. The molecule has 2 rings (SSSR count). The highest BCUT2D eigenvalue weighted by molar-refractivity contribution is 5.78. The van der Waals surface area contributed by atoms with E-state index in [9.17, 15) is 4.79 Å². The van der Waals surface area contributed by atoms with Crippen molar-refractivity contribution in [2.45, 2.75) is 25.8 Å². The van der Waals surface area contributed by atoms with Crippen LogP contribution in [0.3, 0.4) is 0 Å². The van der Waals surface area contributed by atoms with E-state index < -0.39 is 5.97 Å². The van der Waals surface area contributed by atoms with Gasteiger partial charge in [-0.1, -0.05) is 25.1 Å². The van der Waals surface area contributed by atoms with E-state index in [1.165, 1.54) is 0 Å². The third kappa shape index (κ3) is 2.94. The molecule has 0 aliphatic carbocycles. The van der Waals surface area contributed by atoms with Crippen molar-refractivity contribution in [3.05, 3.63) is 30.5 Å². The molecule has 5 heteroatoms. The molecule has 1 heterocycles. The molecular formula is C13H15N3O2. The Hall–Kier alpha value is -2.17. The summed E-state index contributed by atoms with van der Waals surface area (Å²) in [5.41, 5.74) is 0.847. The van der Waals surface area contributed by atoms with E-state index in [0.717, 1.165) is 10.9 Å². The molecule has 0 fully saturated rings. The molecule has 0 aliphatic heterocycles. The molecule has 0 saturated carbocycles. The number of hydrogen-bond acceptors (Lipinski definition) is 4. The van der Waals surface area contributed by atoms with Crippen LogP contribution in [-0.4, -0.2) is 27.1 Å². The molecule has 5 nitrogen and oxygen atoms in total. The number of aromatic nitrogens is 2. The molecule has 0 bridgehead atoms. The first kappa shape index (κ1) is 12.3. The minimum atomic E-state index is -0.824. The van der Waals surface area contributed by atoms with Crippen LogP contribution in [0, 0.1) is 0 Å². The van der Waals surface area contributed by atoms with Gasteiger partial charge >= 0.3 is 5.97 Å². The zero-order chi connectivity index (χ0) is 13.0. The number of nitrogens with zero attached hydrogens (tertiary/aromatic N) is 2. The van der Waals surface area contributed by atoms with Crippen molar-refractivity contribution in [2.75, 3.05) is 5.32 Å². The minimum absolute atomic E-state index is 0.0622. The van der Waals surface area contributed by atoms with Crippen LogP contribution in [0.25, 0.3) is 10.9 Å². The van der Waals surface area contributed by atoms with Gasteiger partial charge in [0.25, 0.3) is 0 Å². The minimum Gasteiger partial charge on any atom is -0.481 e. The van der Waals surface area contributed by atoms with Crippen LogP contribution in [0.15, 0.2) is 30.5 Å². The van der Waals surface area contributed by atoms with E-state index in [2.05, 4.69) is 15.3 Å². The summed E-state index contributed by atoms with van der Waals surface area (Å²) in [6, 6.07) is 7.53. The predicted octanol–water partition coefficient (Wildman–Crippen LogP) is 2.29.